The average molecular weight is 319 g/mol. The second-order valence-corrected chi connectivity index (χ2v) is 5.26. The van der Waals surface area contributed by atoms with Crippen molar-refractivity contribution in [2.75, 3.05) is 6.54 Å². The van der Waals surface area contributed by atoms with E-state index in [9.17, 15) is 24.3 Å². The maximum atomic E-state index is 12.3. The largest absolute Gasteiger partial charge is 0.479 e. The van der Waals surface area contributed by atoms with Crippen LogP contribution in [0.4, 0.5) is 9.59 Å². The summed E-state index contributed by atoms with van der Waals surface area (Å²) in [6.07, 6.45) is 0. The van der Waals surface area contributed by atoms with Crippen LogP contribution in [0.1, 0.15) is 25.5 Å². The molecule has 1 aliphatic heterocycles. The van der Waals surface area contributed by atoms with Gasteiger partial charge in [-0.25, -0.2) is 19.3 Å². The summed E-state index contributed by atoms with van der Waals surface area (Å²) in [6.45, 7) is 2.89. The minimum absolute atomic E-state index is 0.0192. The van der Waals surface area contributed by atoms with E-state index in [0.29, 0.717) is 5.56 Å². The molecular formula is C15H17N3O5. The predicted molar refractivity (Wildman–Crippen MR) is 79.4 cm³/mol. The zero-order valence-electron chi connectivity index (χ0n) is 12.7. The number of nitrogens with zero attached hydrogens (tertiary/aromatic N) is 2. The first kappa shape index (κ1) is 16.5. The van der Waals surface area contributed by atoms with E-state index in [-0.39, 0.29) is 6.54 Å². The minimum atomic E-state index is -1.28. The van der Waals surface area contributed by atoms with Gasteiger partial charge in [0.25, 0.3) is 0 Å². The summed E-state index contributed by atoms with van der Waals surface area (Å²) in [4.78, 5) is 49.0. The van der Waals surface area contributed by atoms with E-state index in [2.05, 4.69) is 5.32 Å². The summed E-state index contributed by atoms with van der Waals surface area (Å²) >= 11 is 0. The molecule has 1 aliphatic rings. The highest BCUT2D eigenvalue weighted by Crippen LogP contribution is 2.18. The van der Waals surface area contributed by atoms with Gasteiger partial charge >= 0.3 is 18.0 Å². The van der Waals surface area contributed by atoms with Crippen molar-refractivity contribution < 1.29 is 24.3 Å². The third kappa shape index (κ3) is 3.31. The van der Waals surface area contributed by atoms with Gasteiger partial charge in [-0.1, -0.05) is 30.3 Å². The molecule has 23 heavy (non-hydrogen) atoms. The molecule has 0 radical (unpaired) electrons. The fraction of sp³-hybridized carbons (Fsp3) is 0.333. The maximum absolute atomic E-state index is 12.3. The summed E-state index contributed by atoms with van der Waals surface area (Å²) in [6, 6.07) is 4.83. The van der Waals surface area contributed by atoms with E-state index in [4.69, 9.17) is 0 Å². The van der Waals surface area contributed by atoms with Gasteiger partial charge in [-0.15, -0.1) is 0 Å². The van der Waals surface area contributed by atoms with Gasteiger partial charge in [0.15, 0.2) is 6.04 Å². The molecule has 8 nitrogen and oxygen atoms in total. The van der Waals surface area contributed by atoms with Crippen LogP contribution >= 0.6 is 0 Å². The van der Waals surface area contributed by atoms with Crippen molar-refractivity contribution in [1.82, 2.24) is 15.1 Å². The molecule has 0 spiro atoms. The Bertz CT molecular complexity index is 646. The third-order valence-electron chi connectivity index (χ3n) is 3.56. The monoisotopic (exact) mass is 319 g/mol. The lowest BCUT2D eigenvalue weighted by molar-refractivity contribution is -0.139. The molecule has 0 saturated carbocycles. The van der Waals surface area contributed by atoms with Gasteiger partial charge in [-0.05, 0) is 12.5 Å². The van der Waals surface area contributed by atoms with Crippen molar-refractivity contribution in [1.29, 1.82) is 0 Å². The average Bonchev–Trinajstić information content (AvgIpc) is 2.80. The molecule has 5 amide bonds. The summed E-state index contributed by atoms with van der Waals surface area (Å²) in [5, 5.41) is 11.6. The van der Waals surface area contributed by atoms with Crippen LogP contribution in [0, 0.1) is 0 Å². The van der Waals surface area contributed by atoms with Gasteiger partial charge in [0, 0.05) is 6.92 Å². The number of amides is 5. The molecular weight excluding hydrogens is 302 g/mol. The van der Waals surface area contributed by atoms with E-state index in [1.807, 2.05) is 0 Å². The highest BCUT2D eigenvalue weighted by atomic mass is 16.4. The lowest BCUT2D eigenvalue weighted by Gasteiger charge is -2.20. The van der Waals surface area contributed by atoms with Crippen LogP contribution in [-0.4, -0.2) is 51.4 Å². The molecule has 1 heterocycles. The Morgan fingerprint density at radius 3 is 2.35 bits per heavy atom. The Morgan fingerprint density at radius 2 is 1.87 bits per heavy atom. The number of imide groups is 2. The lowest BCUT2D eigenvalue weighted by Crippen LogP contribution is -2.46. The van der Waals surface area contributed by atoms with Gasteiger partial charge in [-0.2, -0.15) is 0 Å². The lowest BCUT2D eigenvalue weighted by atomic mass is 10.1. The van der Waals surface area contributed by atoms with Crippen LogP contribution in [-0.2, 0) is 9.59 Å². The van der Waals surface area contributed by atoms with Crippen LogP contribution in [0.3, 0.4) is 0 Å². The topological polar surface area (TPSA) is 107 Å². The summed E-state index contributed by atoms with van der Waals surface area (Å²) in [5.74, 6) is -1.71. The minimum Gasteiger partial charge on any atom is -0.479 e. The fourth-order valence-electron chi connectivity index (χ4n) is 2.49. The van der Waals surface area contributed by atoms with E-state index >= 15 is 0 Å². The molecule has 122 valence electrons. The molecule has 2 N–H and O–H groups in total. The van der Waals surface area contributed by atoms with Crippen molar-refractivity contribution in [3.05, 3.63) is 35.9 Å². The number of nitrogens with one attached hydrogen (secondary N) is 1. The fourth-order valence-corrected chi connectivity index (χ4v) is 2.49. The molecule has 2 atom stereocenters. The first-order valence-electron chi connectivity index (χ1n) is 7.02. The second-order valence-electron chi connectivity index (χ2n) is 5.26. The van der Waals surface area contributed by atoms with Crippen LogP contribution in [0.5, 0.6) is 0 Å². The molecule has 1 saturated heterocycles. The predicted octanol–water partition coefficient (Wildman–Crippen LogP) is 1.19. The SMILES string of the molecule is CC(=O)N1C(=O)N(C(=O)NC(C(=O)O)c2ccccc2)CC1C. The molecule has 2 rings (SSSR count). The van der Waals surface area contributed by atoms with Crippen molar-refractivity contribution in [2.45, 2.75) is 25.9 Å². The summed E-state index contributed by atoms with van der Waals surface area (Å²) in [5.41, 5.74) is 0.386. The van der Waals surface area contributed by atoms with Crippen molar-refractivity contribution in [2.24, 2.45) is 0 Å². The Balaban J connectivity index is 2.16. The number of aliphatic carboxylic acids is 1. The first-order valence-corrected chi connectivity index (χ1v) is 7.02. The Kier molecular flexibility index (Phi) is 4.63. The molecule has 0 aromatic heterocycles. The van der Waals surface area contributed by atoms with Crippen LogP contribution in [0.15, 0.2) is 30.3 Å². The van der Waals surface area contributed by atoms with E-state index < -0.39 is 36.0 Å². The van der Waals surface area contributed by atoms with Gasteiger partial charge < -0.3 is 10.4 Å². The molecule has 8 heteroatoms. The van der Waals surface area contributed by atoms with E-state index in [1.165, 1.54) is 6.92 Å². The van der Waals surface area contributed by atoms with E-state index in [1.54, 1.807) is 37.3 Å². The van der Waals surface area contributed by atoms with Crippen LogP contribution in [0.2, 0.25) is 0 Å². The molecule has 0 aliphatic carbocycles. The Labute approximate surface area is 132 Å². The van der Waals surface area contributed by atoms with E-state index in [0.717, 1.165) is 9.80 Å². The van der Waals surface area contributed by atoms with Gasteiger partial charge in [0.05, 0.1) is 12.6 Å². The maximum Gasteiger partial charge on any atom is 0.335 e. The third-order valence-corrected chi connectivity index (χ3v) is 3.56. The van der Waals surface area contributed by atoms with Crippen molar-refractivity contribution >= 4 is 23.9 Å². The molecule has 1 aromatic carbocycles. The number of carbonyl (C=O) groups excluding carboxylic acids is 3. The Morgan fingerprint density at radius 1 is 1.26 bits per heavy atom. The summed E-state index contributed by atoms with van der Waals surface area (Å²) < 4.78 is 0. The normalized spacial score (nSPS) is 18.7. The van der Waals surface area contributed by atoms with Gasteiger partial charge in [-0.3, -0.25) is 9.69 Å². The highest BCUT2D eigenvalue weighted by Gasteiger charge is 2.41. The number of urea groups is 2. The first-order chi connectivity index (χ1) is 10.8. The molecule has 1 fully saturated rings. The zero-order valence-corrected chi connectivity index (χ0v) is 12.7. The second kappa shape index (κ2) is 6.47. The highest BCUT2D eigenvalue weighted by molar-refractivity contribution is 6.03. The van der Waals surface area contributed by atoms with Crippen molar-refractivity contribution in [3.63, 3.8) is 0 Å². The van der Waals surface area contributed by atoms with Crippen molar-refractivity contribution in [3.8, 4) is 0 Å². The Hall–Kier alpha value is -2.90. The van der Waals surface area contributed by atoms with Gasteiger partial charge in [0.1, 0.15) is 0 Å². The molecule has 0 bridgehead atoms. The zero-order chi connectivity index (χ0) is 17.1. The quantitative estimate of drug-likeness (QED) is 0.870. The summed E-state index contributed by atoms with van der Waals surface area (Å²) in [7, 11) is 0. The number of hydrogen-bond donors (Lipinski definition) is 2. The van der Waals surface area contributed by atoms with Crippen LogP contribution in [0.25, 0.3) is 0 Å². The number of carboxylic acids is 1. The van der Waals surface area contributed by atoms with Crippen LogP contribution < -0.4 is 5.32 Å². The number of benzene rings is 1. The standard InChI is InChI=1S/C15H17N3O5/c1-9-8-17(15(23)18(9)10(2)19)14(22)16-12(13(20)21)11-6-4-3-5-7-11/h3-7,9,12H,8H2,1-2H3,(H,16,22)(H,20,21). The number of hydrogen-bond acceptors (Lipinski definition) is 4. The number of carbonyl (C=O) groups is 4. The van der Waals surface area contributed by atoms with Gasteiger partial charge in [0.2, 0.25) is 5.91 Å². The molecule has 1 aromatic rings. The number of rotatable bonds is 3. The number of carboxylic acid groups (broad SMARTS) is 1. The smallest absolute Gasteiger partial charge is 0.335 e. The molecule has 2 unspecified atom stereocenters.